The number of unbranched alkanes of at least 4 members (excludes halogenated alkanes) is 35. The van der Waals surface area contributed by atoms with Crippen LogP contribution in [0.3, 0.4) is 0 Å². The highest BCUT2D eigenvalue weighted by Gasteiger charge is 2.27. The van der Waals surface area contributed by atoms with Gasteiger partial charge in [-0.25, -0.2) is 0 Å². The Kier molecular flexibility index (Phi) is 50.4. The number of quaternary nitrogens is 1. The number of nitrogens with zero attached hydrogens (tertiary/aromatic N) is 1. The van der Waals surface area contributed by atoms with Crippen molar-refractivity contribution in [3.63, 3.8) is 0 Å². The molecule has 3 unspecified atom stereocenters. The Morgan fingerprint density at radius 1 is 0.493 bits per heavy atom. The highest BCUT2D eigenvalue weighted by Crippen LogP contribution is 2.38. The van der Waals surface area contributed by atoms with Gasteiger partial charge in [0.1, 0.15) is 19.3 Å². The number of esters is 1. The second-order valence-corrected chi connectivity index (χ2v) is 23.3. The maximum atomic E-state index is 13.5. The predicted octanol–water partition coefficient (Wildman–Crippen LogP) is 17.7. The second-order valence-electron chi connectivity index (χ2n) is 21.9. The van der Waals surface area contributed by atoms with E-state index in [0.29, 0.717) is 17.4 Å². The number of likely N-dealkylation sites (N-methyl/N-ethyl adjacent to an activating group) is 1. The van der Waals surface area contributed by atoms with Gasteiger partial charge >= 0.3 is 5.97 Å². The Balaban J connectivity index is 5.24. The maximum absolute atomic E-state index is 13.5. The van der Waals surface area contributed by atoms with Gasteiger partial charge < -0.3 is 28.5 Å². The first-order valence-corrected chi connectivity index (χ1v) is 31.8. The van der Waals surface area contributed by atoms with E-state index in [0.717, 1.165) is 77.0 Å². The molecular formula is C61H117N2O7P. The number of carbonyl (C=O) groups excluding carboxylic acids is 2. The Labute approximate surface area is 440 Å². The predicted molar refractivity (Wildman–Crippen MR) is 303 cm³/mol. The number of carbonyl (C=O) groups is 2. The summed E-state index contributed by atoms with van der Waals surface area (Å²) < 4.78 is 30.3. The summed E-state index contributed by atoms with van der Waals surface area (Å²) in [6.45, 7) is 6.83. The van der Waals surface area contributed by atoms with Crippen molar-refractivity contribution in [2.75, 3.05) is 40.9 Å². The molecule has 0 heterocycles. The lowest BCUT2D eigenvalue weighted by atomic mass is 10.0. The maximum Gasteiger partial charge on any atom is 0.306 e. The largest absolute Gasteiger partial charge is 0.756 e. The van der Waals surface area contributed by atoms with E-state index in [1.54, 1.807) is 0 Å². The lowest BCUT2D eigenvalue weighted by molar-refractivity contribution is -0.870. The second kappa shape index (κ2) is 51.7. The molecule has 0 aromatic heterocycles. The molecule has 1 N–H and O–H groups in total. The van der Waals surface area contributed by atoms with Crippen LogP contribution in [0.4, 0.5) is 0 Å². The third-order valence-electron chi connectivity index (χ3n) is 13.6. The molecule has 0 aromatic carbocycles. The SMILES string of the molecule is CCCCC/C=C\C/C=C\CCCCCCCCCC(=O)OC(/C=C/CCCCCCCCCCC)C(COP(=O)([O-])OCC[N+](C)(C)C)NC(=O)CCCCCCCCCCCCCCCCCCC. The summed E-state index contributed by atoms with van der Waals surface area (Å²) in [5.41, 5.74) is 0. The molecular weight excluding hydrogens is 904 g/mol. The molecule has 0 aromatic rings. The number of amides is 1. The van der Waals surface area contributed by atoms with Crippen LogP contribution in [-0.2, 0) is 27.9 Å². The summed E-state index contributed by atoms with van der Waals surface area (Å²) in [5.74, 6) is -0.539. The summed E-state index contributed by atoms with van der Waals surface area (Å²) >= 11 is 0. The van der Waals surface area contributed by atoms with Gasteiger partial charge in [-0.05, 0) is 63.9 Å². The van der Waals surface area contributed by atoms with Crippen molar-refractivity contribution in [1.82, 2.24) is 5.32 Å². The molecule has 0 rings (SSSR count). The monoisotopic (exact) mass is 1020 g/mol. The topological polar surface area (TPSA) is 114 Å². The van der Waals surface area contributed by atoms with Gasteiger partial charge in [0.25, 0.3) is 7.82 Å². The van der Waals surface area contributed by atoms with Gasteiger partial charge in [-0.2, -0.15) is 0 Å². The minimum Gasteiger partial charge on any atom is -0.756 e. The summed E-state index contributed by atoms with van der Waals surface area (Å²) in [6.07, 6.45) is 61.0. The van der Waals surface area contributed by atoms with Crippen molar-refractivity contribution < 1.29 is 37.3 Å². The van der Waals surface area contributed by atoms with Crippen LogP contribution < -0.4 is 10.2 Å². The molecule has 10 heteroatoms. The number of nitrogens with one attached hydrogen (secondary N) is 1. The molecule has 0 radical (unpaired) electrons. The summed E-state index contributed by atoms with van der Waals surface area (Å²) in [4.78, 5) is 39.9. The Morgan fingerprint density at radius 2 is 0.859 bits per heavy atom. The first-order valence-electron chi connectivity index (χ1n) is 30.3. The molecule has 0 bridgehead atoms. The van der Waals surface area contributed by atoms with E-state index >= 15 is 0 Å². The third kappa shape index (κ3) is 52.9. The van der Waals surface area contributed by atoms with Gasteiger partial charge in [-0.3, -0.25) is 14.2 Å². The average Bonchev–Trinajstić information content (AvgIpc) is 3.33. The Bertz CT molecular complexity index is 1310. The molecule has 1 amide bonds. The number of hydrogen-bond donors (Lipinski definition) is 1. The Hall–Kier alpha value is -1.77. The van der Waals surface area contributed by atoms with Crippen LogP contribution in [0.25, 0.3) is 0 Å². The fourth-order valence-electron chi connectivity index (χ4n) is 8.85. The van der Waals surface area contributed by atoms with Crippen LogP contribution in [-0.4, -0.2) is 69.4 Å². The smallest absolute Gasteiger partial charge is 0.306 e. The van der Waals surface area contributed by atoms with Gasteiger partial charge in [-0.1, -0.05) is 250 Å². The van der Waals surface area contributed by atoms with Crippen molar-refractivity contribution >= 4 is 19.7 Å². The molecule has 418 valence electrons. The number of rotatable bonds is 55. The van der Waals surface area contributed by atoms with Gasteiger partial charge in [0.2, 0.25) is 5.91 Å². The van der Waals surface area contributed by atoms with Crippen LogP contribution in [0.2, 0.25) is 0 Å². The van der Waals surface area contributed by atoms with E-state index in [4.69, 9.17) is 13.8 Å². The fraction of sp³-hybridized carbons (Fsp3) is 0.869. The van der Waals surface area contributed by atoms with Crippen molar-refractivity contribution in [1.29, 1.82) is 0 Å². The van der Waals surface area contributed by atoms with Gasteiger partial charge in [0, 0.05) is 12.8 Å². The molecule has 0 saturated carbocycles. The normalized spacial score (nSPS) is 14.0. The van der Waals surface area contributed by atoms with Gasteiger partial charge in [-0.15, -0.1) is 0 Å². The van der Waals surface area contributed by atoms with E-state index in [-0.39, 0.29) is 31.5 Å². The molecule has 0 saturated heterocycles. The standard InChI is InChI=1S/C61H117N2O7P/c1-7-10-13-16-19-22-25-27-29-31-33-35-38-41-44-47-50-53-60(64)62-58(57-69-71(66,67)68-56-55-63(4,5)6)59(52-49-46-43-40-37-24-21-18-15-12-9-3)70-61(65)54-51-48-45-42-39-36-34-32-30-28-26-23-20-17-14-11-8-2/h20,23,28,30,49,52,58-59H,7-19,21-22,24-27,29,31-48,50-51,53-57H2,1-6H3,(H-,62,64,66,67)/b23-20-,30-28-,52-49+. The quantitative estimate of drug-likeness (QED) is 0.0212. The van der Waals surface area contributed by atoms with Crippen molar-refractivity contribution in [3.8, 4) is 0 Å². The number of allylic oxidation sites excluding steroid dienone is 5. The zero-order valence-corrected chi connectivity index (χ0v) is 48.6. The van der Waals surface area contributed by atoms with Crippen LogP contribution in [0, 0.1) is 0 Å². The van der Waals surface area contributed by atoms with Crippen LogP contribution in [0.5, 0.6) is 0 Å². The molecule has 0 aliphatic carbocycles. The number of phosphoric ester groups is 1. The summed E-state index contributed by atoms with van der Waals surface area (Å²) in [7, 11) is 1.19. The van der Waals surface area contributed by atoms with Crippen LogP contribution >= 0.6 is 7.82 Å². The highest BCUT2D eigenvalue weighted by molar-refractivity contribution is 7.45. The van der Waals surface area contributed by atoms with Crippen molar-refractivity contribution in [2.24, 2.45) is 0 Å². The first-order chi connectivity index (χ1) is 34.4. The fourth-order valence-corrected chi connectivity index (χ4v) is 9.57. The van der Waals surface area contributed by atoms with E-state index in [2.05, 4.69) is 50.4 Å². The zero-order chi connectivity index (χ0) is 52.2. The van der Waals surface area contributed by atoms with Crippen LogP contribution in [0.15, 0.2) is 36.5 Å². The molecule has 0 aliphatic rings. The summed E-state index contributed by atoms with van der Waals surface area (Å²) in [5, 5.41) is 3.03. The molecule has 0 spiro atoms. The first kappa shape index (κ1) is 69.2. The van der Waals surface area contributed by atoms with E-state index in [9.17, 15) is 19.0 Å². The molecule has 71 heavy (non-hydrogen) atoms. The molecule has 3 atom stereocenters. The average molecular weight is 1020 g/mol. The van der Waals surface area contributed by atoms with E-state index in [1.807, 2.05) is 33.3 Å². The minimum absolute atomic E-state index is 0.0215. The Morgan fingerprint density at radius 3 is 1.30 bits per heavy atom. The van der Waals surface area contributed by atoms with Gasteiger partial charge in [0.15, 0.2) is 0 Å². The minimum atomic E-state index is -4.69. The highest BCUT2D eigenvalue weighted by atomic mass is 31.2. The van der Waals surface area contributed by atoms with E-state index < -0.39 is 20.0 Å². The van der Waals surface area contributed by atoms with Crippen molar-refractivity contribution in [3.05, 3.63) is 36.5 Å². The lowest BCUT2D eigenvalue weighted by Gasteiger charge is -2.30. The lowest BCUT2D eigenvalue weighted by Crippen LogP contribution is -2.47. The third-order valence-corrected chi connectivity index (χ3v) is 14.5. The summed E-state index contributed by atoms with van der Waals surface area (Å²) in [6, 6.07) is -0.886. The van der Waals surface area contributed by atoms with Crippen molar-refractivity contribution in [2.45, 2.75) is 303 Å². The molecule has 0 fully saturated rings. The number of phosphoric acid groups is 1. The molecule has 0 aliphatic heterocycles. The number of hydrogen-bond acceptors (Lipinski definition) is 7. The van der Waals surface area contributed by atoms with E-state index in [1.165, 1.54) is 180 Å². The van der Waals surface area contributed by atoms with Crippen LogP contribution in [0.1, 0.15) is 290 Å². The van der Waals surface area contributed by atoms with Gasteiger partial charge in [0.05, 0.1) is 33.8 Å². The zero-order valence-electron chi connectivity index (χ0n) is 47.7. The number of ether oxygens (including phenoxy) is 1. The molecule has 9 nitrogen and oxygen atoms in total.